The Kier molecular flexibility index (Phi) is 7.22. The minimum atomic E-state index is -4.88. The average Bonchev–Trinajstić information content (AvgIpc) is 2.31. The van der Waals surface area contributed by atoms with Gasteiger partial charge in [-0.3, -0.25) is 4.90 Å². The summed E-state index contributed by atoms with van der Waals surface area (Å²) in [6.07, 6.45) is 0.256. The molecule has 0 fully saturated rings. The minimum Gasteiger partial charge on any atom is -0.746 e. The topological polar surface area (TPSA) is 141 Å². The summed E-state index contributed by atoms with van der Waals surface area (Å²) in [6, 6.07) is 0. The van der Waals surface area contributed by atoms with Crippen LogP contribution in [0.2, 0.25) is 0 Å². The van der Waals surface area contributed by atoms with Crippen LogP contribution in [0.4, 0.5) is 0 Å². The van der Waals surface area contributed by atoms with Gasteiger partial charge in [0, 0.05) is 13.1 Å². The van der Waals surface area contributed by atoms with Crippen molar-refractivity contribution in [1.82, 2.24) is 4.90 Å². The van der Waals surface area contributed by atoms with Gasteiger partial charge in [-0.2, -0.15) is 0 Å². The maximum absolute atomic E-state index is 10.6. The molecule has 1 atom stereocenters. The average molecular weight is 286 g/mol. The second-order valence-corrected chi connectivity index (χ2v) is 5.54. The second kappa shape index (κ2) is 7.34. The summed E-state index contributed by atoms with van der Waals surface area (Å²) in [7, 11) is -4.88. The Labute approximate surface area is 106 Å². The zero-order valence-corrected chi connectivity index (χ0v) is 11.0. The van der Waals surface area contributed by atoms with Crippen LogP contribution in [-0.4, -0.2) is 82.2 Å². The third-order valence-electron chi connectivity index (χ3n) is 3.00. The number of aliphatic hydroxyl groups excluding tert-OH is 4. The van der Waals surface area contributed by atoms with E-state index in [9.17, 15) is 28.3 Å². The van der Waals surface area contributed by atoms with Gasteiger partial charge in [0.05, 0.1) is 25.4 Å². The van der Waals surface area contributed by atoms with Crippen LogP contribution >= 0.6 is 0 Å². The number of rotatable bonds is 9. The maximum Gasteiger partial charge on any atom is 0.156 e. The van der Waals surface area contributed by atoms with Gasteiger partial charge in [0.1, 0.15) is 10.1 Å². The molecule has 0 rings (SSSR count). The molecule has 0 aromatic rings. The van der Waals surface area contributed by atoms with E-state index < -0.39 is 40.9 Å². The first kappa shape index (κ1) is 17.7. The molecule has 0 saturated carbocycles. The van der Waals surface area contributed by atoms with Crippen molar-refractivity contribution in [2.75, 3.05) is 32.9 Å². The van der Waals surface area contributed by atoms with Crippen molar-refractivity contribution in [2.45, 2.75) is 24.3 Å². The third-order valence-corrected chi connectivity index (χ3v) is 3.81. The Balaban J connectivity index is 5.06. The molecule has 9 heteroatoms. The van der Waals surface area contributed by atoms with Gasteiger partial charge in [-0.05, 0) is 6.42 Å². The molecule has 1 unspecified atom stereocenters. The van der Waals surface area contributed by atoms with Crippen molar-refractivity contribution in [2.24, 2.45) is 0 Å². The SMILES string of the molecule is CCC(CO)(CO)N(CCO)CC(O)S(=O)(=O)[O-]. The largest absolute Gasteiger partial charge is 0.746 e. The molecule has 0 saturated heterocycles. The molecular weight excluding hydrogens is 266 g/mol. The summed E-state index contributed by atoms with van der Waals surface area (Å²) < 4.78 is 31.9. The Hall–Kier alpha value is -0.290. The Morgan fingerprint density at radius 3 is 2.06 bits per heavy atom. The number of hydrogen-bond donors (Lipinski definition) is 4. The second-order valence-electron chi connectivity index (χ2n) is 4.01. The Morgan fingerprint density at radius 2 is 1.78 bits per heavy atom. The van der Waals surface area contributed by atoms with Crippen molar-refractivity contribution in [3.05, 3.63) is 0 Å². The Morgan fingerprint density at radius 1 is 1.28 bits per heavy atom. The zero-order valence-electron chi connectivity index (χ0n) is 10.2. The summed E-state index contributed by atoms with van der Waals surface area (Å²) in [5, 5.41) is 36.7. The number of β-amino-alcohol motifs (C(OH)–C–C–N with tert-alkyl or cyclic N) is 2. The first-order chi connectivity index (χ1) is 8.27. The molecule has 0 amide bonds. The predicted octanol–water partition coefficient (Wildman–Crippen LogP) is -2.72. The highest BCUT2D eigenvalue weighted by Gasteiger charge is 2.35. The lowest BCUT2D eigenvalue weighted by atomic mass is 9.95. The fraction of sp³-hybridized carbons (Fsp3) is 1.00. The summed E-state index contributed by atoms with van der Waals surface area (Å²) in [4.78, 5) is 1.20. The lowest BCUT2D eigenvalue weighted by Crippen LogP contribution is -2.57. The molecule has 18 heavy (non-hydrogen) atoms. The van der Waals surface area contributed by atoms with E-state index in [-0.39, 0.29) is 19.6 Å². The molecule has 0 aromatic heterocycles. The van der Waals surface area contributed by atoms with Crippen LogP contribution in [0.1, 0.15) is 13.3 Å². The van der Waals surface area contributed by atoms with Gasteiger partial charge >= 0.3 is 0 Å². The molecule has 4 N–H and O–H groups in total. The normalized spacial score (nSPS) is 15.1. The van der Waals surface area contributed by atoms with E-state index in [1.165, 1.54) is 4.90 Å². The predicted molar refractivity (Wildman–Crippen MR) is 61.6 cm³/mol. The van der Waals surface area contributed by atoms with Gasteiger partial charge in [-0.15, -0.1) is 0 Å². The van der Waals surface area contributed by atoms with Gasteiger partial charge in [-0.1, -0.05) is 6.92 Å². The van der Waals surface area contributed by atoms with Crippen LogP contribution in [0.25, 0.3) is 0 Å². The van der Waals surface area contributed by atoms with Crippen LogP contribution in [-0.2, 0) is 10.1 Å². The first-order valence-corrected chi connectivity index (χ1v) is 6.95. The number of aliphatic hydroxyl groups is 4. The van der Waals surface area contributed by atoms with Crippen molar-refractivity contribution >= 4 is 10.1 Å². The van der Waals surface area contributed by atoms with Crippen molar-refractivity contribution in [3.63, 3.8) is 0 Å². The quantitative estimate of drug-likeness (QED) is 0.335. The van der Waals surface area contributed by atoms with Crippen LogP contribution in [0.3, 0.4) is 0 Å². The molecule has 0 spiro atoms. The van der Waals surface area contributed by atoms with E-state index >= 15 is 0 Å². The van der Waals surface area contributed by atoms with E-state index in [0.717, 1.165) is 0 Å². The first-order valence-electron chi connectivity index (χ1n) is 5.47. The fourth-order valence-electron chi connectivity index (χ4n) is 1.62. The van der Waals surface area contributed by atoms with Gasteiger partial charge in [0.15, 0.2) is 5.44 Å². The molecule has 0 aliphatic heterocycles. The highest BCUT2D eigenvalue weighted by Crippen LogP contribution is 2.19. The van der Waals surface area contributed by atoms with Crippen LogP contribution in [0.15, 0.2) is 0 Å². The summed E-state index contributed by atoms with van der Waals surface area (Å²) >= 11 is 0. The molecular formula is C9H20NO7S-. The number of hydrogen-bond acceptors (Lipinski definition) is 8. The van der Waals surface area contributed by atoms with Gasteiger partial charge in [0.25, 0.3) is 0 Å². The van der Waals surface area contributed by atoms with Crippen molar-refractivity contribution in [1.29, 1.82) is 0 Å². The van der Waals surface area contributed by atoms with Crippen molar-refractivity contribution < 1.29 is 33.4 Å². The zero-order chi connectivity index (χ0) is 14.4. The smallest absolute Gasteiger partial charge is 0.156 e. The van der Waals surface area contributed by atoms with Crippen LogP contribution in [0.5, 0.6) is 0 Å². The fourth-order valence-corrected chi connectivity index (χ4v) is 1.98. The molecule has 0 aromatic carbocycles. The molecule has 0 radical (unpaired) electrons. The molecule has 0 aliphatic carbocycles. The Bertz CT molecular complexity index is 320. The van der Waals surface area contributed by atoms with Gasteiger partial charge in [0.2, 0.25) is 0 Å². The standard InChI is InChI=1S/C9H21NO7S/c1-2-9(6-12,7-13)10(3-4-11)5-8(14)18(15,16)17/h8,11-14H,2-7H2,1H3,(H,15,16,17)/p-1. The van der Waals surface area contributed by atoms with Gasteiger partial charge in [-0.25, -0.2) is 8.42 Å². The molecule has 0 heterocycles. The van der Waals surface area contributed by atoms with E-state index in [2.05, 4.69) is 0 Å². The highest BCUT2D eigenvalue weighted by atomic mass is 32.2. The van der Waals surface area contributed by atoms with E-state index in [1.807, 2.05) is 0 Å². The molecule has 0 aliphatic rings. The monoisotopic (exact) mass is 286 g/mol. The number of nitrogens with zero attached hydrogens (tertiary/aromatic N) is 1. The molecule has 0 bridgehead atoms. The summed E-state index contributed by atoms with van der Waals surface area (Å²) in [6.45, 7) is -0.373. The third kappa shape index (κ3) is 4.43. The van der Waals surface area contributed by atoms with E-state index in [4.69, 9.17) is 5.11 Å². The van der Waals surface area contributed by atoms with Crippen molar-refractivity contribution in [3.8, 4) is 0 Å². The lowest BCUT2D eigenvalue weighted by molar-refractivity contribution is -0.0349. The van der Waals surface area contributed by atoms with Crippen LogP contribution < -0.4 is 0 Å². The van der Waals surface area contributed by atoms with E-state index in [0.29, 0.717) is 0 Å². The van der Waals surface area contributed by atoms with E-state index in [1.54, 1.807) is 6.92 Å². The highest BCUT2D eigenvalue weighted by molar-refractivity contribution is 7.86. The lowest BCUT2D eigenvalue weighted by Gasteiger charge is -2.41. The molecule has 110 valence electrons. The maximum atomic E-state index is 10.6. The minimum absolute atomic E-state index is 0.0818. The van der Waals surface area contributed by atoms with Crippen LogP contribution in [0, 0.1) is 0 Å². The summed E-state index contributed by atoms with van der Waals surface area (Å²) in [5.41, 5.74) is -3.36. The molecule has 8 nitrogen and oxygen atoms in total. The van der Waals surface area contributed by atoms with Gasteiger partial charge < -0.3 is 25.0 Å². The summed E-state index contributed by atoms with van der Waals surface area (Å²) in [5.74, 6) is 0.